The predicted octanol–water partition coefficient (Wildman–Crippen LogP) is 1.69. The van der Waals surface area contributed by atoms with E-state index in [9.17, 15) is 18.8 Å². The minimum absolute atomic E-state index is 0.0812. The van der Waals surface area contributed by atoms with Crippen molar-refractivity contribution in [3.8, 4) is 0 Å². The molecular weight excluding hydrogens is 476 g/mol. The van der Waals surface area contributed by atoms with Gasteiger partial charge in [-0.1, -0.05) is 24.3 Å². The van der Waals surface area contributed by atoms with Crippen LogP contribution in [0.15, 0.2) is 48.5 Å². The SMILES string of the molecule is CC(=O)N[C@@H](Cc1cccc(F)c1)C(=O)N[C@H](Cc1cccc(I)c1)C(N)=O. The van der Waals surface area contributed by atoms with E-state index >= 15 is 0 Å². The van der Waals surface area contributed by atoms with Gasteiger partial charge in [0.1, 0.15) is 17.9 Å². The minimum Gasteiger partial charge on any atom is -0.368 e. The van der Waals surface area contributed by atoms with Crippen molar-refractivity contribution >= 4 is 40.3 Å². The first-order valence-electron chi connectivity index (χ1n) is 8.60. The molecule has 0 aliphatic carbocycles. The van der Waals surface area contributed by atoms with Crippen molar-refractivity contribution in [3.05, 3.63) is 69.0 Å². The molecule has 0 fully saturated rings. The first kappa shape index (κ1) is 21.8. The van der Waals surface area contributed by atoms with Crippen molar-refractivity contribution in [1.82, 2.24) is 10.6 Å². The fraction of sp³-hybridized carbons (Fsp3) is 0.250. The molecule has 8 heteroatoms. The van der Waals surface area contributed by atoms with Crippen molar-refractivity contribution in [1.29, 1.82) is 0 Å². The molecule has 0 heterocycles. The fourth-order valence-corrected chi connectivity index (χ4v) is 3.36. The van der Waals surface area contributed by atoms with Gasteiger partial charge in [0, 0.05) is 23.3 Å². The summed E-state index contributed by atoms with van der Waals surface area (Å²) in [6.45, 7) is 1.28. The highest BCUT2D eigenvalue weighted by Crippen LogP contribution is 2.11. The number of carbonyl (C=O) groups is 3. The Hall–Kier alpha value is -2.49. The molecule has 4 N–H and O–H groups in total. The molecule has 0 saturated heterocycles. The fourth-order valence-electron chi connectivity index (χ4n) is 2.75. The van der Waals surface area contributed by atoms with Crippen LogP contribution >= 0.6 is 22.6 Å². The largest absolute Gasteiger partial charge is 0.368 e. The van der Waals surface area contributed by atoms with E-state index in [1.165, 1.54) is 25.1 Å². The van der Waals surface area contributed by atoms with Crippen molar-refractivity contribution in [3.63, 3.8) is 0 Å². The second-order valence-electron chi connectivity index (χ2n) is 6.38. The van der Waals surface area contributed by atoms with E-state index in [0.29, 0.717) is 5.56 Å². The zero-order valence-electron chi connectivity index (χ0n) is 15.2. The van der Waals surface area contributed by atoms with Crippen LogP contribution in [0.3, 0.4) is 0 Å². The standard InChI is InChI=1S/C20H21FIN3O3/c1-12(26)24-18(11-13-4-2-6-15(21)8-13)20(28)25-17(19(23)27)10-14-5-3-7-16(22)9-14/h2-9,17-18H,10-11H2,1H3,(H2,23,27)(H,24,26)(H,25,28)/t17-,18+/m1/s1. The number of rotatable bonds is 8. The van der Waals surface area contributed by atoms with Crippen LogP contribution in [-0.2, 0) is 27.2 Å². The molecule has 28 heavy (non-hydrogen) atoms. The number of benzene rings is 2. The summed E-state index contributed by atoms with van der Waals surface area (Å²) < 4.78 is 14.4. The van der Waals surface area contributed by atoms with Crippen LogP contribution in [0.4, 0.5) is 4.39 Å². The number of halogens is 2. The molecule has 0 radical (unpaired) electrons. The topological polar surface area (TPSA) is 101 Å². The molecule has 0 aliphatic heterocycles. The summed E-state index contributed by atoms with van der Waals surface area (Å²) in [6, 6.07) is 11.4. The van der Waals surface area contributed by atoms with Crippen molar-refractivity contribution in [2.75, 3.05) is 0 Å². The summed E-state index contributed by atoms with van der Waals surface area (Å²) >= 11 is 2.15. The second-order valence-corrected chi connectivity index (χ2v) is 7.63. The molecule has 0 aliphatic rings. The molecule has 2 atom stereocenters. The maximum Gasteiger partial charge on any atom is 0.243 e. The molecule has 0 unspecified atom stereocenters. The van der Waals surface area contributed by atoms with E-state index in [2.05, 4.69) is 33.2 Å². The van der Waals surface area contributed by atoms with E-state index < -0.39 is 35.6 Å². The quantitative estimate of drug-likeness (QED) is 0.484. The van der Waals surface area contributed by atoms with E-state index in [0.717, 1.165) is 9.13 Å². The smallest absolute Gasteiger partial charge is 0.243 e. The summed E-state index contributed by atoms with van der Waals surface area (Å²) in [6.07, 6.45) is 0.308. The van der Waals surface area contributed by atoms with Gasteiger partial charge in [0.15, 0.2) is 0 Å². The molecule has 2 rings (SSSR count). The normalized spacial score (nSPS) is 12.7. The van der Waals surface area contributed by atoms with Gasteiger partial charge in [-0.2, -0.15) is 0 Å². The maximum atomic E-state index is 13.4. The molecule has 3 amide bonds. The highest BCUT2D eigenvalue weighted by Gasteiger charge is 2.25. The minimum atomic E-state index is -0.961. The van der Waals surface area contributed by atoms with Crippen LogP contribution in [0.1, 0.15) is 18.1 Å². The lowest BCUT2D eigenvalue weighted by Gasteiger charge is -2.22. The summed E-state index contributed by atoms with van der Waals surface area (Å²) in [5, 5.41) is 5.14. The summed E-state index contributed by atoms with van der Waals surface area (Å²) in [4.78, 5) is 36.1. The molecule has 6 nitrogen and oxygen atoms in total. The van der Waals surface area contributed by atoms with E-state index in [4.69, 9.17) is 5.73 Å². The van der Waals surface area contributed by atoms with Crippen molar-refractivity contribution < 1.29 is 18.8 Å². The molecule has 0 spiro atoms. The first-order chi connectivity index (χ1) is 13.2. The van der Waals surface area contributed by atoms with Crippen LogP contribution in [0.5, 0.6) is 0 Å². The van der Waals surface area contributed by atoms with E-state index in [1.54, 1.807) is 6.07 Å². The zero-order valence-corrected chi connectivity index (χ0v) is 17.4. The summed E-state index contributed by atoms with van der Waals surface area (Å²) in [5.74, 6) is -2.09. The highest BCUT2D eigenvalue weighted by atomic mass is 127. The number of nitrogens with two attached hydrogens (primary N) is 1. The number of hydrogen-bond donors (Lipinski definition) is 3. The Kier molecular flexibility index (Phi) is 7.91. The first-order valence-corrected chi connectivity index (χ1v) is 9.68. The van der Waals surface area contributed by atoms with E-state index in [-0.39, 0.29) is 12.8 Å². The number of amides is 3. The van der Waals surface area contributed by atoms with Gasteiger partial charge in [-0.3, -0.25) is 14.4 Å². The van der Waals surface area contributed by atoms with Crippen molar-refractivity contribution in [2.45, 2.75) is 31.8 Å². The van der Waals surface area contributed by atoms with Crippen LogP contribution in [-0.4, -0.2) is 29.8 Å². The highest BCUT2D eigenvalue weighted by molar-refractivity contribution is 14.1. The third kappa shape index (κ3) is 6.91. The zero-order chi connectivity index (χ0) is 20.7. The monoisotopic (exact) mass is 497 g/mol. The molecule has 2 aromatic carbocycles. The van der Waals surface area contributed by atoms with Gasteiger partial charge in [-0.15, -0.1) is 0 Å². The number of primary amides is 1. The Labute approximate surface area is 176 Å². The molecule has 0 bridgehead atoms. The lowest BCUT2D eigenvalue weighted by Crippen LogP contribution is -2.54. The number of hydrogen-bond acceptors (Lipinski definition) is 3. The van der Waals surface area contributed by atoms with Crippen LogP contribution < -0.4 is 16.4 Å². The van der Waals surface area contributed by atoms with Gasteiger partial charge in [0.25, 0.3) is 0 Å². The molecule has 0 aromatic heterocycles. The van der Waals surface area contributed by atoms with Crippen LogP contribution in [0.25, 0.3) is 0 Å². The Balaban J connectivity index is 2.14. The molecule has 0 saturated carbocycles. The lowest BCUT2D eigenvalue weighted by molar-refractivity contribution is -0.130. The van der Waals surface area contributed by atoms with Crippen LogP contribution in [0.2, 0.25) is 0 Å². The van der Waals surface area contributed by atoms with Gasteiger partial charge in [-0.25, -0.2) is 4.39 Å². The Morgan fingerprint density at radius 2 is 1.61 bits per heavy atom. The average Bonchev–Trinajstić information content (AvgIpc) is 2.60. The average molecular weight is 497 g/mol. The second kappa shape index (κ2) is 10.2. The Morgan fingerprint density at radius 1 is 1.00 bits per heavy atom. The van der Waals surface area contributed by atoms with Gasteiger partial charge in [0.05, 0.1) is 0 Å². The van der Waals surface area contributed by atoms with Gasteiger partial charge >= 0.3 is 0 Å². The third-order valence-corrected chi connectivity index (χ3v) is 4.68. The Bertz CT molecular complexity index is 875. The van der Waals surface area contributed by atoms with E-state index in [1.807, 2.05) is 24.3 Å². The maximum absolute atomic E-state index is 13.4. The summed E-state index contributed by atoms with van der Waals surface area (Å²) in [7, 11) is 0. The summed E-state index contributed by atoms with van der Waals surface area (Å²) in [5.41, 5.74) is 6.84. The van der Waals surface area contributed by atoms with Gasteiger partial charge in [-0.05, 0) is 58.0 Å². The molecule has 148 valence electrons. The third-order valence-electron chi connectivity index (χ3n) is 4.01. The molecular formula is C20H21FIN3O3. The van der Waals surface area contributed by atoms with Gasteiger partial charge < -0.3 is 16.4 Å². The predicted molar refractivity (Wildman–Crippen MR) is 112 cm³/mol. The van der Waals surface area contributed by atoms with Crippen LogP contribution in [0, 0.1) is 9.39 Å². The van der Waals surface area contributed by atoms with Gasteiger partial charge in [0.2, 0.25) is 17.7 Å². The Morgan fingerprint density at radius 3 is 2.18 bits per heavy atom. The van der Waals surface area contributed by atoms with Crippen molar-refractivity contribution in [2.24, 2.45) is 5.73 Å². The number of nitrogens with one attached hydrogen (secondary N) is 2. The molecule has 2 aromatic rings. The lowest BCUT2D eigenvalue weighted by atomic mass is 10.0. The number of carbonyl (C=O) groups excluding carboxylic acids is 3.